The zero-order valence-corrected chi connectivity index (χ0v) is 10.7. The molecule has 0 saturated carbocycles. The van der Waals surface area contributed by atoms with Crippen molar-refractivity contribution in [3.63, 3.8) is 0 Å². The quantitative estimate of drug-likeness (QED) is 0.763. The SMILES string of the molecule is O=C(c1ccc2ccccc2c1)C1CC2CCC1O2. The lowest BCUT2D eigenvalue weighted by atomic mass is 9.83. The van der Waals surface area contributed by atoms with Gasteiger partial charge in [0.2, 0.25) is 0 Å². The highest BCUT2D eigenvalue weighted by molar-refractivity contribution is 6.01. The van der Waals surface area contributed by atoms with Crippen LogP contribution in [0, 0.1) is 5.92 Å². The fourth-order valence-electron chi connectivity index (χ4n) is 3.47. The average Bonchev–Trinajstić information content (AvgIpc) is 3.08. The van der Waals surface area contributed by atoms with Gasteiger partial charge in [0.1, 0.15) is 0 Å². The van der Waals surface area contributed by atoms with Crippen molar-refractivity contribution >= 4 is 16.6 Å². The molecule has 2 aliphatic rings. The van der Waals surface area contributed by atoms with Crippen LogP contribution in [0.4, 0.5) is 0 Å². The summed E-state index contributed by atoms with van der Waals surface area (Å²) in [5, 5.41) is 2.32. The summed E-state index contributed by atoms with van der Waals surface area (Å²) in [6.07, 6.45) is 3.60. The van der Waals surface area contributed by atoms with Crippen molar-refractivity contribution in [1.29, 1.82) is 0 Å². The van der Waals surface area contributed by atoms with E-state index in [9.17, 15) is 4.79 Å². The highest BCUT2D eigenvalue weighted by Gasteiger charge is 2.44. The van der Waals surface area contributed by atoms with Crippen molar-refractivity contribution in [2.75, 3.05) is 0 Å². The van der Waals surface area contributed by atoms with Crippen molar-refractivity contribution in [1.82, 2.24) is 0 Å². The zero-order chi connectivity index (χ0) is 12.8. The van der Waals surface area contributed by atoms with Gasteiger partial charge in [0, 0.05) is 5.56 Å². The lowest BCUT2D eigenvalue weighted by Gasteiger charge is -2.17. The van der Waals surface area contributed by atoms with E-state index < -0.39 is 0 Å². The number of benzene rings is 2. The summed E-state index contributed by atoms with van der Waals surface area (Å²) in [6.45, 7) is 0. The zero-order valence-electron chi connectivity index (χ0n) is 10.7. The van der Waals surface area contributed by atoms with E-state index in [2.05, 4.69) is 12.1 Å². The minimum Gasteiger partial charge on any atom is -0.374 e. The molecule has 0 N–H and O–H groups in total. The molecule has 0 spiro atoms. The minimum atomic E-state index is 0.0833. The molecule has 2 aliphatic heterocycles. The van der Waals surface area contributed by atoms with Gasteiger partial charge in [0.25, 0.3) is 0 Å². The van der Waals surface area contributed by atoms with Gasteiger partial charge in [0.15, 0.2) is 5.78 Å². The number of rotatable bonds is 2. The van der Waals surface area contributed by atoms with E-state index in [4.69, 9.17) is 4.74 Å². The van der Waals surface area contributed by atoms with Crippen LogP contribution in [0.2, 0.25) is 0 Å². The Balaban J connectivity index is 1.68. The largest absolute Gasteiger partial charge is 0.374 e. The molecule has 3 unspecified atom stereocenters. The Bertz CT molecular complexity index is 647. The Hall–Kier alpha value is -1.67. The number of Topliss-reactive ketones (excluding diaryl/α,β-unsaturated/α-hetero) is 1. The van der Waals surface area contributed by atoms with Crippen molar-refractivity contribution in [2.24, 2.45) is 5.92 Å². The topological polar surface area (TPSA) is 26.3 Å². The summed E-state index contributed by atoms with van der Waals surface area (Å²) in [6, 6.07) is 14.2. The molecule has 2 aromatic rings. The van der Waals surface area contributed by atoms with E-state index in [1.54, 1.807) is 0 Å². The smallest absolute Gasteiger partial charge is 0.168 e. The predicted octanol–water partition coefficient (Wildman–Crippen LogP) is 3.59. The first-order chi connectivity index (χ1) is 9.31. The van der Waals surface area contributed by atoms with E-state index in [0.29, 0.717) is 6.10 Å². The molecule has 2 bridgehead atoms. The van der Waals surface area contributed by atoms with Crippen LogP contribution in [0.15, 0.2) is 42.5 Å². The molecule has 0 aliphatic carbocycles. The highest BCUT2D eigenvalue weighted by Crippen LogP contribution is 2.40. The van der Waals surface area contributed by atoms with Crippen molar-refractivity contribution in [2.45, 2.75) is 31.5 Å². The molecule has 2 aromatic carbocycles. The second-order valence-corrected chi connectivity index (χ2v) is 5.64. The summed E-state index contributed by atoms with van der Waals surface area (Å²) in [4.78, 5) is 12.6. The number of carbonyl (C=O) groups is 1. The van der Waals surface area contributed by atoms with E-state index in [0.717, 1.165) is 30.2 Å². The lowest BCUT2D eigenvalue weighted by molar-refractivity contribution is 0.0743. The van der Waals surface area contributed by atoms with Crippen LogP contribution in [0.25, 0.3) is 10.8 Å². The van der Waals surface area contributed by atoms with Crippen molar-refractivity contribution < 1.29 is 9.53 Å². The van der Waals surface area contributed by atoms with Gasteiger partial charge < -0.3 is 4.74 Å². The van der Waals surface area contributed by atoms with Crippen LogP contribution in [-0.2, 0) is 4.74 Å². The Morgan fingerprint density at radius 1 is 1.05 bits per heavy atom. The van der Waals surface area contributed by atoms with Gasteiger partial charge in [-0.25, -0.2) is 0 Å². The summed E-state index contributed by atoms with van der Waals surface area (Å²) >= 11 is 0. The number of ketones is 1. The minimum absolute atomic E-state index is 0.0833. The molecule has 0 aromatic heterocycles. The van der Waals surface area contributed by atoms with Gasteiger partial charge in [-0.2, -0.15) is 0 Å². The van der Waals surface area contributed by atoms with Gasteiger partial charge in [-0.05, 0) is 36.1 Å². The van der Waals surface area contributed by atoms with Gasteiger partial charge >= 0.3 is 0 Å². The molecule has 2 fully saturated rings. The normalized spacial score (nSPS) is 28.9. The van der Waals surface area contributed by atoms with Crippen LogP contribution < -0.4 is 0 Å². The lowest BCUT2D eigenvalue weighted by Crippen LogP contribution is -2.25. The fraction of sp³-hybridized carbons (Fsp3) is 0.353. The maximum absolute atomic E-state index is 12.6. The maximum Gasteiger partial charge on any atom is 0.168 e. The van der Waals surface area contributed by atoms with Crippen LogP contribution >= 0.6 is 0 Å². The number of carbonyl (C=O) groups excluding carboxylic acids is 1. The standard InChI is InChI=1S/C17H16O2/c18-17(15-10-14-7-8-16(15)19-14)13-6-5-11-3-1-2-4-12(11)9-13/h1-6,9,14-16H,7-8,10H2. The van der Waals surface area contributed by atoms with E-state index >= 15 is 0 Å². The number of hydrogen-bond donors (Lipinski definition) is 0. The predicted molar refractivity (Wildman–Crippen MR) is 74.3 cm³/mol. The molecule has 2 heteroatoms. The van der Waals surface area contributed by atoms with Crippen LogP contribution in [0.5, 0.6) is 0 Å². The molecule has 0 radical (unpaired) electrons. The highest BCUT2D eigenvalue weighted by atomic mass is 16.5. The van der Waals surface area contributed by atoms with Crippen LogP contribution in [0.1, 0.15) is 29.6 Å². The Morgan fingerprint density at radius 3 is 2.63 bits per heavy atom. The number of hydrogen-bond acceptors (Lipinski definition) is 2. The summed E-state index contributed by atoms with van der Waals surface area (Å²) in [5.41, 5.74) is 0.833. The molecular formula is C17H16O2. The fourth-order valence-corrected chi connectivity index (χ4v) is 3.47. The molecular weight excluding hydrogens is 236 g/mol. The average molecular weight is 252 g/mol. The third-order valence-corrected chi connectivity index (χ3v) is 4.48. The first kappa shape index (κ1) is 11.2. The molecule has 4 rings (SSSR count). The van der Waals surface area contributed by atoms with Gasteiger partial charge in [-0.15, -0.1) is 0 Å². The summed E-state index contributed by atoms with van der Waals surface area (Å²) < 4.78 is 5.79. The van der Waals surface area contributed by atoms with Crippen LogP contribution in [0.3, 0.4) is 0 Å². The molecule has 2 saturated heterocycles. The monoisotopic (exact) mass is 252 g/mol. The number of ether oxygens (including phenoxy) is 1. The molecule has 96 valence electrons. The van der Waals surface area contributed by atoms with Crippen LogP contribution in [-0.4, -0.2) is 18.0 Å². The first-order valence-corrected chi connectivity index (χ1v) is 7.00. The summed E-state index contributed by atoms with van der Waals surface area (Å²) in [7, 11) is 0. The van der Waals surface area contributed by atoms with Crippen molar-refractivity contribution in [3.05, 3.63) is 48.0 Å². The van der Waals surface area contributed by atoms with E-state index in [1.165, 1.54) is 5.39 Å². The summed E-state index contributed by atoms with van der Waals surface area (Å²) in [5.74, 6) is 0.345. The maximum atomic E-state index is 12.6. The molecule has 0 amide bonds. The van der Waals surface area contributed by atoms with Crippen molar-refractivity contribution in [3.8, 4) is 0 Å². The van der Waals surface area contributed by atoms with Gasteiger partial charge in [-0.1, -0.05) is 36.4 Å². The Labute approximate surface area is 112 Å². The molecule has 19 heavy (non-hydrogen) atoms. The second kappa shape index (κ2) is 4.17. The number of fused-ring (bicyclic) bond motifs is 3. The molecule has 2 nitrogen and oxygen atoms in total. The Kier molecular flexibility index (Phi) is 2.46. The Morgan fingerprint density at radius 2 is 1.89 bits per heavy atom. The third-order valence-electron chi connectivity index (χ3n) is 4.48. The van der Waals surface area contributed by atoms with E-state index in [1.807, 2.05) is 30.3 Å². The molecule has 2 heterocycles. The van der Waals surface area contributed by atoms with E-state index in [-0.39, 0.29) is 17.8 Å². The second-order valence-electron chi connectivity index (χ2n) is 5.64. The first-order valence-electron chi connectivity index (χ1n) is 7.00. The molecule has 3 atom stereocenters. The van der Waals surface area contributed by atoms with Gasteiger partial charge in [-0.3, -0.25) is 4.79 Å². The third kappa shape index (κ3) is 1.79. The van der Waals surface area contributed by atoms with Gasteiger partial charge in [0.05, 0.1) is 18.1 Å².